The van der Waals surface area contributed by atoms with Crippen molar-refractivity contribution in [2.24, 2.45) is 0 Å². The summed E-state index contributed by atoms with van der Waals surface area (Å²) >= 11 is 6.04. The minimum atomic E-state index is -1.30. The second-order valence-electron chi connectivity index (χ2n) is 13.4. The predicted octanol–water partition coefficient (Wildman–Crippen LogP) is 5.81. The number of nitrogens with zero attached hydrogens (tertiary/aromatic N) is 1. The van der Waals surface area contributed by atoms with E-state index in [9.17, 15) is 29.1 Å². The van der Waals surface area contributed by atoms with Crippen molar-refractivity contribution in [1.29, 1.82) is 0 Å². The van der Waals surface area contributed by atoms with Gasteiger partial charge in [0.15, 0.2) is 0 Å². The van der Waals surface area contributed by atoms with Gasteiger partial charge in [-0.1, -0.05) is 67.8 Å². The van der Waals surface area contributed by atoms with E-state index in [0.717, 1.165) is 17.5 Å². The lowest BCUT2D eigenvalue weighted by Crippen LogP contribution is -2.54. The fourth-order valence-corrected chi connectivity index (χ4v) is 6.70. The Kier molecular flexibility index (Phi) is 13.2. The Bertz CT molecular complexity index is 2050. The summed E-state index contributed by atoms with van der Waals surface area (Å²) in [6, 6.07) is 19.8. The number of hydrogen-bond donors (Lipinski definition) is 4. The molecule has 4 aromatic carbocycles. The zero-order chi connectivity index (χ0) is 39.8. The van der Waals surface area contributed by atoms with Crippen molar-refractivity contribution in [2.75, 3.05) is 21.3 Å². The van der Waals surface area contributed by atoms with Gasteiger partial charge in [0, 0.05) is 35.2 Å². The zero-order valence-electron chi connectivity index (χ0n) is 31.4. The Labute approximate surface area is 325 Å². The van der Waals surface area contributed by atoms with Gasteiger partial charge < -0.3 is 35.4 Å². The first-order valence-electron chi connectivity index (χ1n) is 18.0. The molecule has 4 aromatic rings. The van der Waals surface area contributed by atoms with Crippen LogP contribution < -0.4 is 25.4 Å². The summed E-state index contributed by atoms with van der Waals surface area (Å²) < 4.78 is 11.4. The highest BCUT2D eigenvalue weighted by molar-refractivity contribution is 6.30. The second kappa shape index (κ2) is 18.0. The number of methoxy groups -OCH3 is 2. The number of benzene rings is 4. The van der Waals surface area contributed by atoms with E-state index in [1.807, 2.05) is 31.2 Å². The number of carbonyl (C=O) groups is 5. The standard InChI is InChI=1S/C42H45ClN4O8/c1-6-7-8-33(45-39(49)28-12-10-26(11-13-28)27-14-17-30(43)18-15-27)41(51)47(3)37-29-16-20-36(55-5)32(23-29)31-21-25(9-19-35(31)54-4)22-34(42(52)53)46-38(48)24(2)44-40(37)50/h9-21,23-24,33-34,37H,6-8,22H2,1-5H3,(H,44,50)(H,45,49)(H,46,48)(H,52,53). The number of aliphatic carboxylic acids is 1. The molecular weight excluding hydrogens is 724 g/mol. The van der Waals surface area contributed by atoms with Crippen molar-refractivity contribution in [2.45, 2.75) is 63.7 Å². The zero-order valence-corrected chi connectivity index (χ0v) is 32.1. The largest absolute Gasteiger partial charge is 0.496 e. The fourth-order valence-electron chi connectivity index (χ4n) is 6.58. The lowest BCUT2D eigenvalue weighted by molar-refractivity contribution is -0.143. The first kappa shape index (κ1) is 40.3. The molecule has 0 saturated heterocycles. The Hall–Kier alpha value is -5.88. The molecule has 0 aliphatic carbocycles. The van der Waals surface area contributed by atoms with E-state index < -0.39 is 53.8 Å². The van der Waals surface area contributed by atoms with Gasteiger partial charge in [0.2, 0.25) is 17.7 Å². The molecule has 4 bridgehead atoms. The number of carboxylic acids is 1. The van der Waals surface area contributed by atoms with Gasteiger partial charge in [-0.3, -0.25) is 19.2 Å². The van der Waals surface area contributed by atoms with Crippen molar-refractivity contribution in [3.63, 3.8) is 0 Å². The molecule has 13 heteroatoms. The number of amides is 4. The van der Waals surface area contributed by atoms with E-state index in [1.165, 1.54) is 33.1 Å². The van der Waals surface area contributed by atoms with Crippen LogP contribution in [0.2, 0.25) is 5.02 Å². The number of halogens is 1. The van der Waals surface area contributed by atoms with Crippen molar-refractivity contribution >= 4 is 41.2 Å². The maximum absolute atomic E-state index is 14.5. The van der Waals surface area contributed by atoms with Crippen LogP contribution in [0, 0.1) is 0 Å². The first-order valence-corrected chi connectivity index (χ1v) is 18.3. The van der Waals surface area contributed by atoms with Crippen molar-refractivity contribution in [3.05, 3.63) is 107 Å². The second-order valence-corrected chi connectivity index (χ2v) is 13.9. The van der Waals surface area contributed by atoms with Crippen molar-refractivity contribution in [1.82, 2.24) is 20.9 Å². The summed E-state index contributed by atoms with van der Waals surface area (Å²) in [6.45, 7) is 3.40. The number of likely N-dealkylation sites (N-methyl/N-ethyl adjacent to an activating group) is 1. The summed E-state index contributed by atoms with van der Waals surface area (Å²) in [7, 11) is 4.46. The van der Waals surface area contributed by atoms with Gasteiger partial charge >= 0.3 is 5.97 Å². The number of hydrogen-bond acceptors (Lipinski definition) is 7. The molecule has 1 aliphatic rings. The van der Waals surface area contributed by atoms with Crippen LogP contribution in [0.4, 0.5) is 0 Å². The number of rotatable bonds is 11. The molecule has 0 radical (unpaired) electrons. The molecule has 0 fully saturated rings. The highest BCUT2D eigenvalue weighted by Crippen LogP contribution is 2.40. The van der Waals surface area contributed by atoms with Crippen LogP contribution in [0.25, 0.3) is 22.3 Å². The van der Waals surface area contributed by atoms with Crippen LogP contribution in [0.3, 0.4) is 0 Å². The average molecular weight is 769 g/mol. The van der Waals surface area contributed by atoms with E-state index in [2.05, 4.69) is 16.0 Å². The van der Waals surface area contributed by atoms with E-state index in [0.29, 0.717) is 57.2 Å². The molecule has 4 N–H and O–H groups in total. The highest BCUT2D eigenvalue weighted by Gasteiger charge is 2.36. The van der Waals surface area contributed by atoms with Gasteiger partial charge in [-0.05, 0) is 84.1 Å². The van der Waals surface area contributed by atoms with Gasteiger partial charge in [-0.2, -0.15) is 0 Å². The average Bonchev–Trinajstić information content (AvgIpc) is 3.18. The molecular formula is C42H45ClN4O8. The van der Waals surface area contributed by atoms with Crippen LogP contribution in [-0.2, 0) is 25.6 Å². The SMILES string of the molecule is CCCCC(NC(=O)c1ccc(-c2ccc(Cl)cc2)cc1)C(=O)N(C)C1C(=O)NC(C)C(=O)NC(C(=O)O)Cc2ccc(OC)c(c2)-c2cc1ccc2OC. The third-order valence-corrected chi connectivity index (χ3v) is 9.91. The van der Waals surface area contributed by atoms with E-state index in [4.69, 9.17) is 21.1 Å². The van der Waals surface area contributed by atoms with E-state index in [-0.39, 0.29) is 6.42 Å². The molecule has 5 rings (SSSR count). The maximum Gasteiger partial charge on any atom is 0.326 e. The lowest BCUT2D eigenvalue weighted by atomic mass is 9.93. The molecule has 4 unspecified atom stereocenters. The van der Waals surface area contributed by atoms with E-state index in [1.54, 1.807) is 60.7 Å². The van der Waals surface area contributed by atoms with Gasteiger partial charge in [0.25, 0.3) is 5.91 Å². The molecule has 12 nitrogen and oxygen atoms in total. The minimum absolute atomic E-state index is 0.0437. The number of carboxylic acid groups (broad SMARTS) is 1. The highest BCUT2D eigenvalue weighted by atomic mass is 35.5. The Balaban J connectivity index is 1.53. The normalized spacial score (nSPS) is 17.5. The number of carbonyl (C=O) groups excluding carboxylic acids is 4. The number of fused-ring (bicyclic) bond motifs is 5. The summed E-state index contributed by atoms with van der Waals surface area (Å²) in [5, 5.41) is 18.7. The van der Waals surface area contributed by atoms with Gasteiger partial charge in [0.05, 0.1) is 14.2 Å². The number of unbranched alkanes of at least 4 members (excludes halogenated alkanes) is 1. The predicted molar refractivity (Wildman–Crippen MR) is 209 cm³/mol. The minimum Gasteiger partial charge on any atom is -0.496 e. The topological polar surface area (TPSA) is 163 Å². The molecule has 0 spiro atoms. The van der Waals surface area contributed by atoms with Gasteiger partial charge in [0.1, 0.15) is 35.7 Å². The number of nitrogens with one attached hydrogen (secondary N) is 3. The molecule has 288 valence electrons. The Morgan fingerprint density at radius 1 is 0.873 bits per heavy atom. The van der Waals surface area contributed by atoms with E-state index >= 15 is 0 Å². The fraction of sp³-hybridized carbons (Fsp3) is 0.310. The molecule has 55 heavy (non-hydrogen) atoms. The molecule has 0 aromatic heterocycles. The summed E-state index contributed by atoms with van der Waals surface area (Å²) in [5.74, 6) is -2.77. The molecule has 0 saturated carbocycles. The van der Waals surface area contributed by atoms with Crippen LogP contribution in [0.5, 0.6) is 11.5 Å². The van der Waals surface area contributed by atoms with Crippen molar-refractivity contribution < 1.29 is 38.6 Å². The molecule has 1 heterocycles. The van der Waals surface area contributed by atoms with Crippen LogP contribution in [-0.4, -0.2) is 79.0 Å². The van der Waals surface area contributed by atoms with Gasteiger partial charge in [-0.25, -0.2) is 4.79 Å². The quantitative estimate of drug-likeness (QED) is 0.149. The Morgan fingerprint density at radius 2 is 1.47 bits per heavy atom. The van der Waals surface area contributed by atoms with Crippen LogP contribution >= 0.6 is 11.6 Å². The van der Waals surface area contributed by atoms with Crippen molar-refractivity contribution in [3.8, 4) is 33.8 Å². The Morgan fingerprint density at radius 3 is 2.07 bits per heavy atom. The molecule has 1 aliphatic heterocycles. The van der Waals surface area contributed by atoms with Crippen LogP contribution in [0.1, 0.15) is 60.6 Å². The monoisotopic (exact) mass is 768 g/mol. The summed E-state index contributed by atoms with van der Waals surface area (Å²) in [5.41, 5.74) is 4.22. The third kappa shape index (κ3) is 9.44. The molecule has 4 amide bonds. The lowest BCUT2D eigenvalue weighted by Gasteiger charge is -2.32. The smallest absolute Gasteiger partial charge is 0.326 e. The third-order valence-electron chi connectivity index (χ3n) is 9.66. The number of ether oxygens (including phenoxy) is 2. The maximum atomic E-state index is 14.5. The summed E-state index contributed by atoms with van der Waals surface area (Å²) in [4.78, 5) is 69.1. The summed E-state index contributed by atoms with van der Waals surface area (Å²) in [6.07, 6.45) is 1.62. The van der Waals surface area contributed by atoms with Crippen LogP contribution in [0.15, 0.2) is 84.9 Å². The molecule has 4 atom stereocenters. The van der Waals surface area contributed by atoms with Gasteiger partial charge in [-0.15, -0.1) is 0 Å². The first-order chi connectivity index (χ1) is 26.3.